The van der Waals surface area contributed by atoms with Crippen LogP contribution >= 0.6 is 0 Å². The van der Waals surface area contributed by atoms with Crippen LogP contribution in [0.2, 0.25) is 0 Å². The summed E-state index contributed by atoms with van der Waals surface area (Å²) in [5.41, 5.74) is 3.36. The van der Waals surface area contributed by atoms with Gasteiger partial charge in [-0.1, -0.05) is 60.2 Å². The van der Waals surface area contributed by atoms with Crippen molar-refractivity contribution in [2.24, 2.45) is 0 Å². The molecule has 0 radical (unpaired) electrons. The number of carbonyl (C=O) groups is 2. The van der Waals surface area contributed by atoms with Crippen LogP contribution in [0.3, 0.4) is 0 Å². The molecule has 1 aliphatic rings. The van der Waals surface area contributed by atoms with Crippen molar-refractivity contribution in [2.75, 3.05) is 25.7 Å². The average molecular weight is 521 g/mol. The van der Waals surface area contributed by atoms with Crippen molar-refractivity contribution in [1.29, 1.82) is 0 Å². The number of hydrogen-bond acceptors (Lipinski definition) is 4. The predicted molar refractivity (Wildman–Crippen MR) is 129 cm³/mol. The summed E-state index contributed by atoms with van der Waals surface area (Å²) in [4.78, 5) is 25.7. The molecule has 3 aromatic carbocycles. The van der Waals surface area contributed by atoms with Gasteiger partial charge in [0.05, 0.1) is 13.5 Å². The maximum absolute atomic E-state index is 13.7. The predicted octanol–water partition coefficient (Wildman–Crippen LogP) is 2.15. The van der Waals surface area contributed by atoms with Crippen LogP contribution in [-0.2, 0) is 20.7 Å². The van der Waals surface area contributed by atoms with Crippen LogP contribution < -0.4 is 61.7 Å². The molecule has 1 amide bonds. The molecule has 0 saturated carbocycles. The summed E-state index contributed by atoms with van der Waals surface area (Å²) in [5, 5.41) is 0. The average Bonchev–Trinajstić information content (AvgIpc) is 3.16. The number of methoxy groups -OCH3 is 1. The second kappa shape index (κ2) is 11.5. The smallest absolute Gasteiger partial charge is 0.469 e. The molecular formula is C26H24BF3KNO4. The van der Waals surface area contributed by atoms with Gasteiger partial charge in [0, 0.05) is 18.7 Å². The van der Waals surface area contributed by atoms with Gasteiger partial charge >= 0.3 is 70.4 Å². The number of halogens is 3. The second-order valence-corrected chi connectivity index (χ2v) is 8.52. The van der Waals surface area contributed by atoms with Gasteiger partial charge in [0.2, 0.25) is 0 Å². The minimum atomic E-state index is -5.37. The van der Waals surface area contributed by atoms with Crippen molar-refractivity contribution in [3.8, 4) is 11.1 Å². The SMILES string of the molecule is COC(=O)Cc1cc(N(C)C(=O)OCC2c3ccccc3-c3ccccc32)c(C)c([B-](F)(F)F)c1.[K+]. The quantitative estimate of drug-likeness (QED) is 0.369. The number of benzene rings is 3. The molecule has 0 bridgehead atoms. The normalized spacial score (nSPS) is 12.3. The molecule has 0 unspecified atom stereocenters. The fraction of sp³-hybridized carbons (Fsp3) is 0.231. The van der Waals surface area contributed by atoms with Gasteiger partial charge in [0.25, 0.3) is 0 Å². The molecule has 3 aromatic rings. The maximum atomic E-state index is 13.7. The molecule has 10 heteroatoms. The van der Waals surface area contributed by atoms with Crippen LogP contribution in [0, 0.1) is 6.92 Å². The molecule has 36 heavy (non-hydrogen) atoms. The molecule has 0 spiro atoms. The summed E-state index contributed by atoms with van der Waals surface area (Å²) in [5.74, 6) is -0.857. The minimum Gasteiger partial charge on any atom is -0.469 e. The Morgan fingerprint density at radius 1 is 0.972 bits per heavy atom. The van der Waals surface area contributed by atoms with Gasteiger partial charge in [-0.2, -0.15) is 0 Å². The first-order chi connectivity index (χ1) is 16.6. The molecule has 0 atom stereocenters. The number of anilines is 1. The van der Waals surface area contributed by atoms with E-state index in [1.807, 2.05) is 48.5 Å². The third kappa shape index (κ3) is 5.73. The van der Waals surface area contributed by atoms with Crippen molar-refractivity contribution in [1.82, 2.24) is 0 Å². The fourth-order valence-electron chi connectivity index (χ4n) is 4.60. The standard InChI is InChI=1S/C26H24BF3NO4.K/c1-16-23(27(28,29)30)12-17(14-25(32)34-3)13-24(16)31(2)26(33)35-15-22-20-10-6-4-8-18(20)19-9-5-7-11-21(19)22;/h4-13,22H,14-15H2,1-3H3;/q-1;+1. The van der Waals surface area contributed by atoms with Crippen molar-refractivity contribution in [3.63, 3.8) is 0 Å². The molecule has 0 heterocycles. The van der Waals surface area contributed by atoms with E-state index < -0.39 is 24.5 Å². The Morgan fingerprint density at radius 3 is 2.06 bits per heavy atom. The first-order valence-electron chi connectivity index (χ1n) is 11.1. The van der Waals surface area contributed by atoms with Crippen LogP contribution in [0.1, 0.15) is 28.2 Å². The molecule has 5 nitrogen and oxygen atoms in total. The number of fused-ring (bicyclic) bond motifs is 3. The summed E-state index contributed by atoms with van der Waals surface area (Å²) < 4.78 is 51.4. The number of hydrogen-bond donors (Lipinski definition) is 0. The fourth-order valence-corrected chi connectivity index (χ4v) is 4.60. The van der Waals surface area contributed by atoms with E-state index in [0.717, 1.165) is 40.3 Å². The van der Waals surface area contributed by atoms with E-state index in [9.17, 15) is 22.5 Å². The first kappa shape index (κ1) is 28.5. The van der Waals surface area contributed by atoms with Crippen molar-refractivity contribution in [2.45, 2.75) is 19.3 Å². The zero-order valence-corrected chi connectivity index (χ0v) is 23.7. The van der Waals surface area contributed by atoms with E-state index in [-0.39, 0.29) is 87.1 Å². The molecular weight excluding hydrogens is 497 g/mol. The van der Waals surface area contributed by atoms with Crippen LogP contribution in [0.4, 0.5) is 23.4 Å². The second-order valence-electron chi connectivity index (χ2n) is 8.52. The topological polar surface area (TPSA) is 55.8 Å². The Morgan fingerprint density at radius 2 is 1.53 bits per heavy atom. The molecule has 4 rings (SSSR count). The third-order valence-electron chi connectivity index (χ3n) is 6.38. The van der Waals surface area contributed by atoms with Crippen molar-refractivity contribution < 1.29 is 83.4 Å². The first-order valence-corrected chi connectivity index (χ1v) is 11.1. The molecule has 0 fully saturated rings. The van der Waals surface area contributed by atoms with E-state index >= 15 is 0 Å². The van der Waals surface area contributed by atoms with E-state index in [1.165, 1.54) is 20.0 Å². The Labute approximate surface area is 250 Å². The zero-order chi connectivity index (χ0) is 25.3. The zero-order valence-electron chi connectivity index (χ0n) is 20.6. The van der Waals surface area contributed by atoms with Gasteiger partial charge in [0.15, 0.2) is 0 Å². The van der Waals surface area contributed by atoms with Gasteiger partial charge in [0.1, 0.15) is 6.61 Å². The number of esters is 1. The number of rotatable bonds is 6. The Balaban J connectivity index is 0.00000361. The monoisotopic (exact) mass is 521 g/mol. The largest absolute Gasteiger partial charge is 1.00 e. The summed E-state index contributed by atoms with van der Waals surface area (Å²) in [6.45, 7) is -4.03. The minimum absolute atomic E-state index is 0. The summed E-state index contributed by atoms with van der Waals surface area (Å²) in [6, 6.07) is 18.0. The van der Waals surface area contributed by atoms with Gasteiger partial charge in [-0.3, -0.25) is 9.69 Å². The van der Waals surface area contributed by atoms with E-state index in [0.29, 0.717) is 0 Å². The number of nitrogens with zero attached hydrogens (tertiary/aromatic N) is 1. The molecule has 0 saturated heterocycles. The Hall–Kier alpha value is -2.11. The van der Waals surface area contributed by atoms with Crippen LogP contribution in [0.25, 0.3) is 11.1 Å². The number of amides is 1. The van der Waals surface area contributed by atoms with Gasteiger partial charge in [-0.05, 0) is 40.8 Å². The van der Waals surface area contributed by atoms with E-state index in [1.54, 1.807) is 0 Å². The molecule has 1 aliphatic carbocycles. The summed E-state index contributed by atoms with van der Waals surface area (Å²) in [7, 11) is 2.52. The van der Waals surface area contributed by atoms with Gasteiger partial charge < -0.3 is 22.4 Å². The summed E-state index contributed by atoms with van der Waals surface area (Å²) in [6.07, 6.45) is -1.13. The van der Waals surface area contributed by atoms with Crippen LogP contribution in [0.15, 0.2) is 60.7 Å². The van der Waals surface area contributed by atoms with E-state index in [2.05, 4.69) is 4.74 Å². The van der Waals surface area contributed by atoms with Crippen LogP contribution in [0.5, 0.6) is 0 Å². The van der Waals surface area contributed by atoms with Crippen molar-refractivity contribution in [3.05, 3.63) is 82.9 Å². The van der Waals surface area contributed by atoms with Crippen LogP contribution in [-0.4, -0.2) is 39.8 Å². The van der Waals surface area contributed by atoms with Gasteiger partial charge in [-0.25, -0.2) is 4.79 Å². The Bertz CT molecular complexity index is 1250. The summed E-state index contributed by atoms with van der Waals surface area (Å²) >= 11 is 0. The molecule has 182 valence electrons. The number of ether oxygens (including phenoxy) is 2. The number of carbonyl (C=O) groups excluding carboxylic acids is 2. The third-order valence-corrected chi connectivity index (χ3v) is 6.38. The Kier molecular flexibility index (Phi) is 9.11. The van der Waals surface area contributed by atoms with Gasteiger partial charge in [-0.15, -0.1) is 5.46 Å². The molecule has 0 aromatic heterocycles. The molecule has 0 N–H and O–H groups in total. The maximum Gasteiger partial charge on any atom is 1.00 e. The van der Waals surface area contributed by atoms with Crippen molar-refractivity contribution >= 4 is 30.2 Å². The van der Waals surface area contributed by atoms with E-state index in [4.69, 9.17) is 4.74 Å². The molecule has 0 aliphatic heterocycles.